The number of methoxy groups -OCH3 is 1. The molecular weight excluding hydrogens is 314 g/mol. The molecule has 0 saturated carbocycles. The Morgan fingerprint density at radius 3 is 2.52 bits per heavy atom. The Morgan fingerprint density at radius 2 is 1.72 bits per heavy atom. The van der Waals surface area contributed by atoms with Crippen molar-refractivity contribution in [2.24, 2.45) is 0 Å². The lowest BCUT2D eigenvalue weighted by atomic mass is 10.1. The summed E-state index contributed by atoms with van der Waals surface area (Å²) in [6.45, 7) is 0. The third-order valence-electron chi connectivity index (χ3n) is 4.03. The Kier molecular flexibility index (Phi) is 3.74. The van der Waals surface area contributed by atoms with Crippen LogP contribution in [-0.4, -0.2) is 21.6 Å². The average molecular weight is 331 g/mol. The highest BCUT2D eigenvalue weighted by Crippen LogP contribution is 2.34. The Bertz CT molecular complexity index is 1020. The first kappa shape index (κ1) is 15.1. The molecule has 0 fully saturated rings. The van der Waals surface area contributed by atoms with E-state index in [4.69, 9.17) is 9.72 Å². The van der Waals surface area contributed by atoms with Crippen molar-refractivity contribution in [1.29, 1.82) is 0 Å². The molecule has 4 aromatic rings. The number of nitrogens with one attached hydrogen (secondary N) is 1. The first-order chi connectivity index (χ1) is 12.3. The Labute approximate surface area is 145 Å². The number of anilines is 2. The summed E-state index contributed by atoms with van der Waals surface area (Å²) < 4.78 is 7.44. The lowest BCUT2D eigenvalue weighted by Crippen LogP contribution is -1.99. The minimum Gasteiger partial charge on any atom is -0.508 e. The van der Waals surface area contributed by atoms with Gasteiger partial charge in [-0.25, -0.2) is 4.98 Å². The van der Waals surface area contributed by atoms with E-state index in [0.29, 0.717) is 0 Å². The van der Waals surface area contributed by atoms with Crippen molar-refractivity contribution in [3.8, 4) is 22.8 Å². The largest absolute Gasteiger partial charge is 0.508 e. The molecule has 5 nitrogen and oxygen atoms in total. The fourth-order valence-corrected chi connectivity index (χ4v) is 2.81. The third kappa shape index (κ3) is 2.76. The minimum absolute atomic E-state index is 0.228. The number of phenols is 1. The number of imidazole rings is 1. The van der Waals surface area contributed by atoms with Crippen LogP contribution in [0.15, 0.2) is 72.9 Å². The highest BCUT2D eigenvalue weighted by Gasteiger charge is 2.15. The van der Waals surface area contributed by atoms with E-state index in [1.165, 1.54) is 0 Å². The van der Waals surface area contributed by atoms with Crippen molar-refractivity contribution in [1.82, 2.24) is 9.38 Å². The van der Waals surface area contributed by atoms with Gasteiger partial charge in [0.25, 0.3) is 0 Å². The van der Waals surface area contributed by atoms with Crippen LogP contribution in [0.2, 0.25) is 0 Å². The maximum absolute atomic E-state index is 9.56. The van der Waals surface area contributed by atoms with Gasteiger partial charge in [-0.1, -0.05) is 18.2 Å². The topological polar surface area (TPSA) is 58.8 Å². The van der Waals surface area contributed by atoms with Gasteiger partial charge in [-0.15, -0.1) is 0 Å². The molecule has 2 aromatic carbocycles. The van der Waals surface area contributed by atoms with Crippen molar-refractivity contribution < 1.29 is 9.84 Å². The van der Waals surface area contributed by atoms with E-state index in [9.17, 15) is 5.11 Å². The number of ether oxygens (including phenoxy) is 1. The number of phenolic OH excluding ortho intramolecular Hbond substituents is 1. The molecule has 2 N–H and O–H groups in total. The molecule has 0 saturated heterocycles. The second-order valence-corrected chi connectivity index (χ2v) is 5.61. The number of aromatic nitrogens is 2. The lowest BCUT2D eigenvalue weighted by molar-refractivity contribution is 0.417. The summed E-state index contributed by atoms with van der Waals surface area (Å²) in [6, 6.07) is 20.6. The first-order valence-corrected chi connectivity index (χ1v) is 7.93. The molecule has 0 aliphatic heterocycles. The fraction of sp³-hybridized carbons (Fsp3) is 0.0500. The monoisotopic (exact) mass is 331 g/mol. The molecule has 0 bridgehead atoms. The van der Waals surface area contributed by atoms with Gasteiger partial charge in [0.15, 0.2) is 0 Å². The van der Waals surface area contributed by atoms with E-state index in [0.717, 1.165) is 34.2 Å². The van der Waals surface area contributed by atoms with Gasteiger partial charge in [0, 0.05) is 11.8 Å². The van der Waals surface area contributed by atoms with Crippen LogP contribution in [0.5, 0.6) is 11.5 Å². The van der Waals surface area contributed by atoms with Crippen LogP contribution in [0, 0.1) is 0 Å². The van der Waals surface area contributed by atoms with E-state index >= 15 is 0 Å². The summed E-state index contributed by atoms with van der Waals surface area (Å²) in [4.78, 5) is 4.74. The molecule has 0 spiro atoms. The fourth-order valence-electron chi connectivity index (χ4n) is 2.81. The summed E-state index contributed by atoms with van der Waals surface area (Å²) in [7, 11) is 1.65. The average Bonchev–Trinajstić information content (AvgIpc) is 3.01. The number of aromatic hydroxyl groups is 1. The summed E-state index contributed by atoms with van der Waals surface area (Å²) in [6.07, 6.45) is 1.96. The molecule has 0 unspecified atom stereocenters. The molecule has 2 aromatic heterocycles. The summed E-state index contributed by atoms with van der Waals surface area (Å²) in [5, 5.41) is 13.0. The molecule has 4 rings (SSSR count). The predicted octanol–water partition coefficient (Wildman–Crippen LogP) is 4.46. The van der Waals surface area contributed by atoms with Crippen molar-refractivity contribution in [3.05, 3.63) is 72.9 Å². The molecule has 5 heteroatoms. The van der Waals surface area contributed by atoms with E-state index in [2.05, 4.69) is 5.32 Å². The molecule has 124 valence electrons. The Balaban J connectivity index is 1.89. The Hall–Kier alpha value is -3.47. The second kappa shape index (κ2) is 6.20. The highest BCUT2D eigenvalue weighted by atomic mass is 16.5. The van der Waals surface area contributed by atoms with Crippen LogP contribution < -0.4 is 10.1 Å². The number of benzene rings is 2. The van der Waals surface area contributed by atoms with Gasteiger partial charge in [0.1, 0.15) is 28.7 Å². The number of hydrogen-bond acceptors (Lipinski definition) is 4. The number of fused-ring (bicyclic) bond motifs is 1. The Morgan fingerprint density at radius 1 is 0.960 bits per heavy atom. The quantitative estimate of drug-likeness (QED) is 0.580. The summed E-state index contributed by atoms with van der Waals surface area (Å²) in [5.41, 5.74) is 3.41. The number of nitrogens with zero attached hydrogens (tertiary/aromatic N) is 2. The molecule has 0 radical (unpaired) electrons. The highest BCUT2D eigenvalue weighted by molar-refractivity contribution is 5.81. The number of hydrogen-bond donors (Lipinski definition) is 2. The normalized spacial score (nSPS) is 10.8. The standard InChI is InChI=1S/C20H17N3O2/c1-25-17-7-3-2-6-16(17)21-20-19(14-9-11-15(24)12-10-14)22-18-8-4-5-13-23(18)20/h2-13,21,24H,1H3. The minimum atomic E-state index is 0.228. The summed E-state index contributed by atoms with van der Waals surface area (Å²) >= 11 is 0. The molecule has 2 heterocycles. The number of pyridine rings is 1. The molecule has 25 heavy (non-hydrogen) atoms. The van der Waals surface area contributed by atoms with Gasteiger partial charge >= 0.3 is 0 Å². The van der Waals surface area contributed by atoms with E-state index in [1.807, 2.05) is 65.2 Å². The van der Waals surface area contributed by atoms with Gasteiger partial charge < -0.3 is 15.2 Å². The van der Waals surface area contributed by atoms with Gasteiger partial charge in [0.2, 0.25) is 0 Å². The van der Waals surface area contributed by atoms with Crippen molar-refractivity contribution in [3.63, 3.8) is 0 Å². The predicted molar refractivity (Wildman–Crippen MR) is 98.6 cm³/mol. The van der Waals surface area contributed by atoms with Crippen LogP contribution >= 0.6 is 0 Å². The molecule has 0 aliphatic rings. The smallest absolute Gasteiger partial charge is 0.143 e. The van der Waals surface area contributed by atoms with Crippen LogP contribution in [0.25, 0.3) is 16.9 Å². The zero-order valence-electron chi connectivity index (χ0n) is 13.7. The van der Waals surface area contributed by atoms with E-state index in [-0.39, 0.29) is 5.75 Å². The van der Waals surface area contributed by atoms with Gasteiger partial charge in [-0.2, -0.15) is 0 Å². The number of para-hydroxylation sites is 2. The SMILES string of the molecule is COc1ccccc1Nc1c(-c2ccc(O)cc2)nc2ccccn12. The molecular formula is C20H17N3O2. The molecule has 0 aliphatic carbocycles. The third-order valence-corrected chi connectivity index (χ3v) is 4.03. The van der Waals surface area contributed by atoms with E-state index in [1.54, 1.807) is 19.2 Å². The van der Waals surface area contributed by atoms with Crippen molar-refractivity contribution >= 4 is 17.2 Å². The zero-order valence-corrected chi connectivity index (χ0v) is 13.7. The number of rotatable bonds is 4. The van der Waals surface area contributed by atoms with E-state index < -0.39 is 0 Å². The molecule has 0 atom stereocenters. The lowest BCUT2D eigenvalue weighted by Gasteiger charge is -2.12. The van der Waals surface area contributed by atoms with Crippen LogP contribution in [-0.2, 0) is 0 Å². The van der Waals surface area contributed by atoms with Crippen molar-refractivity contribution in [2.75, 3.05) is 12.4 Å². The van der Waals surface area contributed by atoms with Crippen LogP contribution in [0.4, 0.5) is 11.5 Å². The molecule has 0 amide bonds. The zero-order chi connectivity index (χ0) is 17.2. The maximum Gasteiger partial charge on any atom is 0.143 e. The van der Waals surface area contributed by atoms with Crippen LogP contribution in [0.3, 0.4) is 0 Å². The first-order valence-electron chi connectivity index (χ1n) is 7.93. The van der Waals surface area contributed by atoms with Gasteiger partial charge in [-0.05, 0) is 48.5 Å². The summed E-state index contributed by atoms with van der Waals surface area (Å²) in [5.74, 6) is 1.82. The maximum atomic E-state index is 9.56. The second-order valence-electron chi connectivity index (χ2n) is 5.61. The van der Waals surface area contributed by atoms with Gasteiger partial charge in [-0.3, -0.25) is 4.40 Å². The van der Waals surface area contributed by atoms with Crippen LogP contribution in [0.1, 0.15) is 0 Å². The van der Waals surface area contributed by atoms with Crippen molar-refractivity contribution in [2.45, 2.75) is 0 Å². The van der Waals surface area contributed by atoms with Gasteiger partial charge in [0.05, 0.1) is 12.8 Å².